The zero-order valence-electron chi connectivity index (χ0n) is 16.7. The number of hydrogen-bond donors (Lipinski definition) is 1. The van der Waals surface area contributed by atoms with Gasteiger partial charge in [0.2, 0.25) is 0 Å². The maximum Gasteiger partial charge on any atom is 0.321 e. The molecule has 2 aromatic carbocycles. The Balaban J connectivity index is 1.58. The van der Waals surface area contributed by atoms with Crippen molar-refractivity contribution in [3.63, 3.8) is 0 Å². The SMILES string of the molecule is CS(=O)(=O)Cc1ccc(C(=O)N2CCCN(C(=O)Nc3ccc(Cl)cc3)CC2)cc1. The van der Waals surface area contributed by atoms with Gasteiger partial charge >= 0.3 is 6.03 Å². The van der Waals surface area contributed by atoms with Crippen LogP contribution in [0.2, 0.25) is 5.02 Å². The van der Waals surface area contributed by atoms with Gasteiger partial charge in [-0.3, -0.25) is 4.79 Å². The number of anilines is 1. The Kier molecular flexibility index (Phi) is 6.99. The molecule has 0 atom stereocenters. The molecular formula is C21H24ClN3O4S. The summed E-state index contributed by atoms with van der Waals surface area (Å²) in [5.74, 6) is -0.177. The number of hydrogen-bond acceptors (Lipinski definition) is 4. The lowest BCUT2D eigenvalue weighted by molar-refractivity contribution is 0.0762. The van der Waals surface area contributed by atoms with Crippen LogP contribution in [0.15, 0.2) is 48.5 Å². The normalized spacial score (nSPS) is 14.9. The van der Waals surface area contributed by atoms with Crippen LogP contribution in [0.3, 0.4) is 0 Å². The molecule has 1 N–H and O–H groups in total. The molecule has 0 radical (unpaired) electrons. The molecular weight excluding hydrogens is 426 g/mol. The molecule has 0 unspecified atom stereocenters. The van der Waals surface area contributed by atoms with Gasteiger partial charge in [-0.05, 0) is 48.4 Å². The van der Waals surface area contributed by atoms with Crippen LogP contribution in [0, 0.1) is 0 Å². The minimum absolute atomic E-state index is 0.0527. The van der Waals surface area contributed by atoms with Gasteiger partial charge in [0.05, 0.1) is 5.75 Å². The second-order valence-electron chi connectivity index (χ2n) is 7.34. The zero-order valence-corrected chi connectivity index (χ0v) is 18.2. The lowest BCUT2D eigenvalue weighted by Gasteiger charge is -2.22. The van der Waals surface area contributed by atoms with Crippen molar-refractivity contribution in [1.29, 1.82) is 0 Å². The van der Waals surface area contributed by atoms with Crippen LogP contribution in [0.1, 0.15) is 22.3 Å². The third-order valence-electron chi connectivity index (χ3n) is 4.80. The van der Waals surface area contributed by atoms with Crippen LogP contribution < -0.4 is 5.32 Å². The third kappa shape index (κ3) is 6.21. The van der Waals surface area contributed by atoms with Crippen LogP contribution in [0.5, 0.6) is 0 Å². The van der Waals surface area contributed by atoms with E-state index in [2.05, 4.69) is 5.32 Å². The molecule has 3 rings (SSSR count). The first-order chi connectivity index (χ1) is 14.2. The Labute approximate surface area is 181 Å². The average molecular weight is 450 g/mol. The highest BCUT2D eigenvalue weighted by molar-refractivity contribution is 7.89. The van der Waals surface area contributed by atoms with Gasteiger partial charge in [-0.1, -0.05) is 23.7 Å². The second kappa shape index (κ2) is 9.49. The number of sulfone groups is 1. The highest BCUT2D eigenvalue weighted by Gasteiger charge is 2.23. The van der Waals surface area contributed by atoms with Gasteiger partial charge in [0.25, 0.3) is 5.91 Å². The highest BCUT2D eigenvalue weighted by atomic mass is 35.5. The van der Waals surface area contributed by atoms with Crippen molar-refractivity contribution >= 4 is 39.1 Å². The van der Waals surface area contributed by atoms with Gasteiger partial charge in [0.1, 0.15) is 0 Å². The summed E-state index contributed by atoms with van der Waals surface area (Å²) in [6.07, 6.45) is 1.85. The fraction of sp³-hybridized carbons (Fsp3) is 0.333. The fourth-order valence-corrected chi connectivity index (χ4v) is 4.21. The molecule has 1 saturated heterocycles. The topological polar surface area (TPSA) is 86.8 Å². The molecule has 1 aliphatic heterocycles. The summed E-state index contributed by atoms with van der Waals surface area (Å²) in [6, 6.07) is 13.3. The summed E-state index contributed by atoms with van der Waals surface area (Å²) in [7, 11) is -3.12. The van der Waals surface area contributed by atoms with E-state index in [9.17, 15) is 18.0 Å². The number of nitrogens with zero attached hydrogens (tertiary/aromatic N) is 2. The van der Waals surface area contributed by atoms with Crippen LogP contribution in [0.25, 0.3) is 0 Å². The Morgan fingerprint density at radius 1 is 0.933 bits per heavy atom. The minimum Gasteiger partial charge on any atom is -0.337 e. The molecule has 0 saturated carbocycles. The number of amides is 3. The number of benzene rings is 2. The summed E-state index contributed by atoms with van der Waals surface area (Å²) < 4.78 is 22.8. The van der Waals surface area contributed by atoms with Crippen molar-refractivity contribution < 1.29 is 18.0 Å². The Bertz CT molecular complexity index is 1010. The van der Waals surface area contributed by atoms with Gasteiger partial charge in [-0.25, -0.2) is 13.2 Å². The second-order valence-corrected chi connectivity index (χ2v) is 9.91. The summed E-state index contributed by atoms with van der Waals surface area (Å²) in [4.78, 5) is 28.8. The van der Waals surface area contributed by atoms with Crippen molar-refractivity contribution in [1.82, 2.24) is 9.80 Å². The van der Waals surface area contributed by atoms with E-state index in [0.717, 1.165) is 0 Å². The van der Waals surface area contributed by atoms with Crippen molar-refractivity contribution in [3.8, 4) is 0 Å². The van der Waals surface area contributed by atoms with Crippen molar-refractivity contribution in [2.75, 3.05) is 37.8 Å². The van der Waals surface area contributed by atoms with E-state index in [1.54, 1.807) is 58.3 Å². The molecule has 0 aromatic heterocycles. The maximum absolute atomic E-state index is 12.8. The quantitative estimate of drug-likeness (QED) is 0.776. The molecule has 160 valence electrons. The predicted molar refractivity (Wildman–Crippen MR) is 118 cm³/mol. The standard InChI is InChI=1S/C21H24ClN3O4S/c1-30(28,29)15-16-3-5-17(6-4-16)20(26)24-11-2-12-25(14-13-24)21(27)23-19-9-7-18(22)8-10-19/h3-10H,2,11-15H2,1H3,(H,23,27). The Morgan fingerprint density at radius 2 is 1.53 bits per heavy atom. The molecule has 30 heavy (non-hydrogen) atoms. The predicted octanol–water partition coefficient (Wildman–Crippen LogP) is 3.26. The first kappa shape index (κ1) is 22.1. The minimum atomic E-state index is -3.12. The molecule has 0 spiro atoms. The molecule has 1 heterocycles. The number of halogens is 1. The summed E-state index contributed by atoms with van der Waals surface area (Å²) in [5, 5.41) is 3.44. The van der Waals surface area contributed by atoms with Gasteiger partial charge in [0.15, 0.2) is 9.84 Å². The first-order valence-electron chi connectivity index (χ1n) is 9.59. The molecule has 2 aromatic rings. The number of carbonyl (C=O) groups excluding carboxylic acids is 2. The molecule has 7 nitrogen and oxygen atoms in total. The highest BCUT2D eigenvalue weighted by Crippen LogP contribution is 2.16. The molecule has 1 fully saturated rings. The van der Waals surface area contributed by atoms with Gasteiger partial charge in [-0.15, -0.1) is 0 Å². The van der Waals surface area contributed by atoms with Gasteiger partial charge in [0, 0.05) is 48.7 Å². The Hall–Kier alpha value is -2.58. The average Bonchev–Trinajstić information content (AvgIpc) is 2.95. The van der Waals surface area contributed by atoms with Crippen molar-refractivity contribution in [2.24, 2.45) is 0 Å². The van der Waals surface area contributed by atoms with E-state index in [0.29, 0.717) is 54.4 Å². The number of urea groups is 1. The van der Waals surface area contributed by atoms with Crippen molar-refractivity contribution in [3.05, 3.63) is 64.7 Å². The van der Waals surface area contributed by atoms with E-state index in [4.69, 9.17) is 11.6 Å². The van der Waals surface area contributed by atoms with E-state index < -0.39 is 9.84 Å². The van der Waals surface area contributed by atoms with Crippen LogP contribution in [0.4, 0.5) is 10.5 Å². The molecule has 1 aliphatic rings. The van der Waals surface area contributed by atoms with Crippen LogP contribution in [-0.2, 0) is 15.6 Å². The van der Waals surface area contributed by atoms with Gasteiger partial charge in [-0.2, -0.15) is 0 Å². The molecule has 0 aliphatic carbocycles. The molecule has 9 heteroatoms. The van der Waals surface area contributed by atoms with Crippen LogP contribution in [-0.4, -0.2) is 62.6 Å². The maximum atomic E-state index is 12.8. The van der Waals surface area contributed by atoms with Gasteiger partial charge < -0.3 is 15.1 Å². The zero-order chi connectivity index (χ0) is 21.7. The smallest absolute Gasteiger partial charge is 0.321 e. The summed E-state index contributed by atoms with van der Waals surface area (Å²) >= 11 is 5.86. The molecule has 0 bridgehead atoms. The van der Waals surface area contributed by atoms with Crippen molar-refractivity contribution in [2.45, 2.75) is 12.2 Å². The number of nitrogens with one attached hydrogen (secondary N) is 1. The lowest BCUT2D eigenvalue weighted by atomic mass is 10.1. The van der Waals surface area contributed by atoms with E-state index in [1.165, 1.54) is 6.26 Å². The fourth-order valence-electron chi connectivity index (χ4n) is 3.29. The Morgan fingerprint density at radius 3 is 2.17 bits per heavy atom. The monoisotopic (exact) mass is 449 g/mol. The molecule has 3 amide bonds. The largest absolute Gasteiger partial charge is 0.337 e. The van der Waals surface area contributed by atoms with E-state index in [1.807, 2.05) is 0 Å². The number of carbonyl (C=O) groups is 2. The lowest BCUT2D eigenvalue weighted by Crippen LogP contribution is -2.39. The summed E-state index contributed by atoms with van der Waals surface area (Å²) in [5.41, 5.74) is 1.82. The van der Waals surface area contributed by atoms with E-state index in [-0.39, 0.29) is 17.7 Å². The summed E-state index contributed by atoms with van der Waals surface area (Å²) in [6.45, 7) is 1.96. The third-order valence-corrected chi connectivity index (χ3v) is 5.91. The van der Waals surface area contributed by atoms with E-state index >= 15 is 0 Å². The number of rotatable bonds is 4. The van der Waals surface area contributed by atoms with Crippen LogP contribution >= 0.6 is 11.6 Å². The first-order valence-corrected chi connectivity index (χ1v) is 12.0.